The molecule has 0 unspecified atom stereocenters. The van der Waals surface area contributed by atoms with E-state index in [9.17, 15) is 9.18 Å². The number of carbonyl (C=O) groups excluding carboxylic acids is 1. The summed E-state index contributed by atoms with van der Waals surface area (Å²) in [5.74, 6) is -0.394. The molecule has 1 aromatic carbocycles. The first-order chi connectivity index (χ1) is 6.20. The van der Waals surface area contributed by atoms with Gasteiger partial charge < -0.3 is 4.90 Å². The van der Waals surface area contributed by atoms with Crippen LogP contribution >= 0.6 is 0 Å². The lowest BCUT2D eigenvalue weighted by molar-refractivity contribution is -0.116. The minimum atomic E-state index is -0.301. The van der Waals surface area contributed by atoms with Crippen LogP contribution in [0.15, 0.2) is 18.2 Å². The molecule has 2 rings (SSSR count). The molecule has 0 aromatic heterocycles. The number of fused-ring (bicyclic) bond motifs is 1. The fraction of sp³-hybridized carbons (Fsp3) is 0.300. The van der Waals surface area contributed by atoms with E-state index in [0.717, 1.165) is 12.0 Å². The van der Waals surface area contributed by atoms with Gasteiger partial charge in [-0.05, 0) is 18.1 Å². The van der Waals surface area contributed by atoms with E-state index in [1.807, 2.05) is 6.07 Å². The second-order valence-corrected chi connectivity index (χ2v) is 3.17. The maximum atomic E-state index is 13.3. The van der Waals surface area contributed by atoms with E-state index in [1.165, 1.54) is 17.9 Å². The van der Waals surface area contributed by atoms with E-state index in [4.69, 9.17) is 0 Å². The zero-order valence-electron chi connectivity index (χ0n) is 7.38. The minimum Gasteiger partial charge on any atom is -0.309 e. The van der Waals surface area contributed by atoms with Crippen LogP contribution in [0.25, 0.3) is 0 Å². The van der Waals surface area contributed by atoms with Gasteiger partial charge in [0.25, 0.3) is 0 Å². The maximum Gasteiger partial charge on any atom is 0.223 e. The summed E-state index contributed by atoms with van der Waals surface area (Å²) in [6, 6.07) is 4.93. The topological polar surface area (TPSA) is 20.3 Å². The van der Waals surface area contributed by atoms with Gasteiger partial charge in [0, 0.05) is 13.5 Å². The molecule has 1 amide bonds. The van der Waals surface area contributed by atoms with Gasteiger partial charge in [0.2, 0.25) is 5.91 Å². The Morgan fingerprint density at radius 2 is 2.31 bits per heavy atom. The Hall–Kier alpha value is -1.38. The molecule has 0 fully saturated rings. The molecule has 13 heavy (non-hydrogen) atoms. The van der Waals surface area contributed by atoms with Crippen LogP contribution in [-0.4, -0.2) is 12.5 Å². The Kier molecular flexibility index (Phi) is 1.79. The summed E-state index contributed by atoms with van der Waals surface area (Å²) < 4.78 is 13.3. The Balaban J connectivity index is 2.52. The molecule has 0 saturated heterocycles. The van der Waals surface area contributed by atoms with Crippen LogP contribution in [0.3, 0.4) is 0 Å². The van der Waals surface area contributed by atoms with E-state index < -0.39 is 0 Å². The summed E-state index contributed by atoms with van der Waals surface area (Å²) in [6.07, 6.45) is 0.757. The fourth-order valence-corrected chi connectivity index (χ4v) is 1.72. The largest absolute Gasteiger partial charge is 0.309 e. The molecular formula is C10H10FNO. The van der Waals surface area contributed by atoms with Crippen LogP contribution in [0.4, 0.5) is 10.1 Å². The quantitative estimate of drug-likeness (QED) is 0.594. The highest BCUT2D eigenvalue weighted by Gasteiger charge is 2.24. The second-order valence-electron chi connectivity index (χ2n) is 3.17. The van der Waals surface area contributed by atoms with Gasteiger partial charge >= 0.3 is 0 Å². The molecule has 68 valence electrons. The zero-order chi connectivity index (χ0) is 9.42. The number of nitrogens with zero attached hydrogens (tertiary/aromatic N) is 1. The third-order valence-corrected chi connectivity index (χ3v) is 2.33. The fourth-order valence-electron chi connectivity index (χ4n) is 1.72. The first-order valence-corrected chi connectivity index (χ1v) is 4.25. The van der Waals surface area contributed by atoms with E-state index in [-0.39, 0.29) is 11.7 Å². The van der Waals surface area contributed by atoms with E-state index in [1.54, 1.807) is 6.07 Å². The summed E-state index contributed by atoms with van der Waals surface area (Å²) in [6.45, 7) is 2.06. The third kappa shape index (κ3) is 1.20. The van der Waals surface area contributed by atoms with Crippen molar-refractivity contribution in [3.05, 3.63) is 29.6 Å². The van der Waals surface area contributed by atoms with Gasteiger partial charge in [-0.15, -0.1) is 0 Å². The van der Waals surface area contributed by atoms with Gasteiger partial charge in [0.05, 0.1) is 5.69 Å². The van der Waals surface area contributed by atoms with Crippen molar-refractivity contribution in [3.8, 4) is 0 Å². The van der Waals surface area contributed by atoms with Gasteiger partial charge in [0.1, 0.15) is 5.82 Å². The monoisotopic (exact) mass is 179 g/mol. The van der Waals surface area contributed by atoms with Crippen LogP contribution in [0, 0.1) is 5.82 Å². The zero-order valence-corrected chi connectivity index (χ0v) is 7.38. The normalized spacial score (nSPS) is 14.5. The Morgan fingerprint density at radius 1 is 1.54 bits per heavy atom. The molecule has 0 spiro atoms. The highest BCUT2D eigenvalue weighted by molar-refractivity contribution is 5.93. The summed E-state index contributed by atoms with van der Waals surface area (Å²) in [4.78, 5) is 12.6. The van der Waals surface area contributed by atoms with Crippen LogP contribution in [0.2, 0.25) is 0 Å². The Morgan fingerprint density at radius 3 is 3.00 bits per heavy atom. The molecule has 0 N–H and O–H groups in total. The van der Waals surface area contributed by atoms with Gasteiger partial charge in [-0.3, -0.25) is 4.79 Å². The van der Waals surface area contributed by atoms with Crippen molar-refractivity contribution in [1.82, 2.24) is 0 Å². The average Bonchev–Trinajstić information content (AvgIpc) is 2.49. The summed E-state index contributed by atoms with van der Waals surface area (Å²) in [5, 5.41) is 0. The van der Waals surface area contributed by atoms with Crippen LogP contribution in [0.1, 0.15) is 12.5 Å². The van der Waals surface area contributed by atoms with Crippen molar-refractivity contribution in [3.63, 3.8) is 0 Å². The number of para-hydroxylation sites is 1. The minimum absolute atomic E-state index is 0.0937. The average molecular weight is 179 g/mol. The molecule has 0 radical (unpaired) electrons. The molecule has 0 aliphatic carbocycles. The molecule has 1 aliphatic heterocycles. The summed E-state index contributed by atoms with van der Waals surface area (Å²) in [7, 11) is 0. The van der Waals surface area contributed by atoms with Crippen molar-refractivity contribution in [1.29, 1.82) is 0 Å². The summed E-state index contributed by atoms with van der Waals surface area (Å²) in [5.41, 5.74) is 1.39. The first kappa shape index (κ1) is 8.23. The number of benzene rings is 1. The van der Waals surface area contributed by atoms with Gasteiger partial charge in [-0.1, -0.05) is 12.1 Å². The number of hydrogen-bond acceptors (Lipinski definition) is 1. The number of anilines is 1. The molecular weight excluding hydrogens is 169 g/mol. The molecule has 0 bridgehead atoms. The van der Waals surface area contributed by atoms with Crippen molar-refractivity contribution in [2.75, 3.05) is 11.4 Å². The van der Waals surface area contributed by atoms with Crippen LogP contribution < -0.4 is 4.90 Å². The highest BCUT2D eigenvalue weighted by Crippen LogP contribution is 2.30. The molecule has 2 nitrogen and oxygen atoms in total. The van der Waals surface area contributed by atoms with Crippen molar-refractivity contribution < 1.29 is 9.18 Å². The number of halogens is 1. The number of amides is 1. The van der Waals surface area contributed by atoms with Crippen LogP contribution in [-0.2, 0) is 11.2 Å². The lowest BCUT2D eigenvalue weighted by Crippen LogP contribution is -2.26. The molecule has 0 atom stereocenters. The Bertz CT molecular complexity index is 362. The van der Waals surface area contributed by atoms with E-state index in [2.05, 4.69) is 0 Å². The molecule has 0 saturated carbocycles. The number of carbonyl (C=O) groups is 1. The third-order valence-electron chi connectivity index (χ3n) is 2.33. The molecule has 1 aromatic rings. The Labute approximate surface area is 76.0 Å². The first-order valence-electron chi connectivity index (χ1n) is 4.25. The maximum absolute atomic E-state index is 13.3. The predicted octanol–water partition coefficient (Wildman–Crippen LogP) is 1.73. The van der Waals surface area contributed by atoms with E-state index >= 15 is 0 Å². The smallest absolute Gasteiger partial charge is 0.223 e. The van der Waals surface area contributed by atoms with Gasteiger partial charge in [0.15, 0.2) is 0 Å². The molecule has 1 aliphatic rings. The lowest BCUT2D eigenvalue weighted by atomic mass is 10.1. The molecule has 3 heteroatoms. The predicted molar refractivity (Wildman–Crippen MR) is 48.1 cm³/mol. The standard InChI is InChI=1S/C10H10FNO/c1-7(13)12-6-5-8-3-2-4-9(11)10(8)12/h2-4H,5-6H2,1H3. The highest BCUT2D eigenvalue weighted by atomic mass is 19.1. The van der Waals surface area contributed by atoms with Crippen molar-refractivity contribution in [2.24, 2.45) is 0 Å². The van der Waals surface area contributed by atoms with E-state index in [0.29, 0.717) is 12.2 Å². The second kappa shape index (κ2) is 2.83. The SMILES string of the molecule is CC(=O)N1CCc2cccc(F)c21. The number of rotatable bonds is 0. The van der Waals surface area contributed by atoms with Crippen molar-refractivity contribution in [2.45, 2.75) is 13.3 Å². The number of hydrogen-bond donors (Lipinski definition) is 0. The lowest BCUT2D eigenvalue weighted by Gasteiger charge is -2.14. The summed E-state index contributed by atoms with van der Waals surface area (Å²) >= 11 is 0. The van der Waals surface area contributed by atoms with Gasteiger partial charge in [-0.25, -0.2) is 4.39 Å². The van der Waals surface area contributed by atoms with Crippen LogP contribution in [0.5, 0.6) is 0 Å². The molecule has 1 heterocycles. The van der Waals surface area contributed by atoms with Crippen molar-refractivity contribution >= 4 is 11.6 Å². The van der Waals surface area contributed by atoms with Gasteiger partial charge in [-0.2, -0.15) is 0 Å².